The molecule has 1 aliphatic carbocycles. The number of hydrogen-bond acceptors (Lipinski definition) is 7. The highest BCUT2D eigenvalue weighted by atomic mass is 32.2. The summed E-state index contributed by atoms with van der Waals surface area (Å²) in [6, 6.07) is 2.57. The third-order valence-electron chi connectivity index (χ3n) is 5.01. The van der Waals surface area contributed by atoms with E-state index < -0.39 is 18.0 Å². The average Bonchev–Trinajstić information content (AvgIpc) is 2.79. The van der Waals surface area contributed by atoms with Gasteiger partial charge in [-0.2, -0.15) is 11.8 Å². The number of pyridine rings is 1. The van der Waals surface area contributed by atoms with Gasteiger partial charge in [0.25, 0.3) is 0 Å². The van der Waals surface area contributed by atoms with Crippen LogP contribution in [-0.2, 0) is 14.3 Å². The first-order chi connectivity index (χ1) is 15.7. The third kappa shape index (κ3) is 12.9. The second kappa shape index (κ2) is 16.1. The van der Waals surface area contributed by atoms with Gasteiger partial charge in [-0.3, -0.25) is 14.6 Å². The zero-order chi connectivity index (χ0) is 24.6. The smallest absolute Gasteiger partial charge is 0.329 e. The number of esters is 1. The Morgan fingerprint density at radius 2 is 1.91 bits per heavy atom. The molecule has 3 N–H and O–H groups in total. The van der Waals surface area contributed by atoms with Crippen LogP contribution in [0.1, 0.15) is 62.7 Å². The van der Waals surface area contributed by atoms with E-state index in [1.807, 2.05) is 6.92 Å². The quantitative estimate of drug-likeness (QED) is 0.342. The molecule has 1 aromatic rings. The molecule has 1 saturated carbocycles. The van der Waals surface area contributed by atoms with Gasteiger partial charge in [0.05, 0.1) is 7.11 Å². The number of thioether (sulfide) groups is 1. The van der Waals surface area contributed by atoms with E-state index in [1.54, 1.807) is 24.5 Å². The monoisotopic (exact) mass is 481 g/mol. The number of nitrogens with one attached hydrogen (secondary N) is 2. The predicted molar refractivity (Wildman–Crippen MR) is 127 cm³/mol. The summed E-state index contributed by atoms with van der Waals surface area (Å²) in [5.74, 6) is -0.310. The minimum absolute atomic E-state index is 0.00172. The summed E-state index contributed by atoms with van der Waals surface area (Å²) in [6.07, 6.45) is 8.66. The van der Waals surface area contributed by atoms with Crippen molar-refractivity contribution in [1.29, 1.82) is 0 Å². The average molecular weight is 482 g/mol. The molecule has 0 radical (unpaired) electrons. The molecule has 2 unspecified atom stereocenters. The molecule has 33 heavy (non-hydrogen) atoms. The molecular weight excluding hydrogens is 446 g/mol. The van der Waals surface area contributed by atoms with Gasteiger partial charge < -0.3 is 20.5 Å². The topological polar surface area (TPSA) is 135 Å². The first-order valence-corrected chi connectivity index (χ1v) is 12.2. The molecule has 1 aromatic heterocycles. The van der Waals surface area contributed by atoms with Crippen molar-refractivity contribution in [1.82, 2.24) is 15.6 Å². The van der Waals surface area contributed by atoms with E-state index in [-0.39, 0.29) is 30.2 Å². The summed E-state index contributed by atoms with van der Waals surface area (Å²) in [5.41, 5.74) is 0.664. The fraction of sp³-hybridized carbons (Fsp3) is 0.609. The lowest BCUT2D eigenvalue weighted by atomic mass is 9.96. The van der Waals surface area contributed by atoms with Crippen LogP contribution in [0.15, 0.2) is 24.5 Å². The normalized spacial score (nSPS) is 15.2. The molecule has 0 aliphatic heterocycles. The lowest BCUT2D eigenvalue weighted by Crippen LogP contribution is -2.50. The van der Waals surface area contributed by atoms with Gasteiger partial charge in [-0.05, 0) is 43.6 Å². The van der Waals surface area contributed by atoms with Crippen LogP contribution >= 0.6 is 11.8 Å². The van der Waals surface area contributed by atoms with Crippen molar-refractivity contribution in [3.05, 3.63) is 30.1 Å². The number of Topliss-reactive ketones (excluding diaryl/α,β-unsaturated/α-hetero) is 1. The van der Waals surface area contributed by atoms with Gasteiger partial charge in [-0.1, -0.05) is 26.2 Å². The predicted octanol–water partition coefficient (Wildman–Crippen LogP) is 3.29. The molecule has 0 bridgehead atoms. The molecule has 2 amide bonds. The van der Waals surface area contributed by atoms with Crippen molar-refractivity contribution >= 4 is 35.5 Å². The van der Waals surface area contributed by atoms with Crippen LogP contribution in [0.5, 0.6) is 0 Å². The molecule has 1 aliphatic rings. The molecule has 10 heteroatoms. The third-order valence-corrected chi connectivity index (χ3v) is 6.38. The molecule has 0 spiro atoms. The van der Waals surface area contributed by atoms with Crippen LogP contribution in [0.3, 0.4) is 0 Å². The maximum atomic E-state index is 12.1. The second-order valence-corrected chi connectivity index (χ2v) is 9.14. The lowest BCUT2D eigenvalue weighted by Gasteiger charge is -2.24. The van der Waals surface area contributed by atoms with Crippen LogP contribution in [0.2, 0.25) is 0 Å². The van der Waals surface area contributed by atoms with Crippen molar-refractivity contribution in [3.8, 4) is 0 Å². The number of aliphatic carboxylic acids is 1. The highest BCUT2D eigenvalue weighted by Gasteiger charge is 2.24. The van der Waals surface area contributed by atoms with Gasteiger partial charge >= 0.3 is 18.0 Å². The van der Waals surface area contributed by atoms with Crippen molar-refractivity contribution in [2.45, 2.75) is 64.5 Å². The minimum Gasteiger partial charge on any atom is -0.481 e. The molecular formula is C23H35N3O6S. The van der Waals surface area contributed by atoms with E-state index in [4.69, 9.17) is 9.84 Å². The Morgan fingerprint density at radius 1 is 1.21 bits per heavy atom. The second-order valence-electron chi connectivity index (χ2n) is 8.07. The highest BCUT2D eigenvalue weighted by Crippen LogP contribution is 2.17. The number of carbonyl (C=O) groups excluding carboxylic acids is 3. The summed E-state index contributed by atoms with van der Waals surface area (Å²) in [6.45, 7) is 3.37. The van der Waals surface area contributed by atoms with Gasteiger partial charge in [0.1, 0.15) is 6.04 Å². The summed E-state index contributed by atoms with van der Waals surface area (Å²) in [5, 5.41) is 14.3. The maximum Gasteiger partial charge on any atom is 0.329 e. The number of aromatic nitrogens is 1. The number of carbonyl (C=O) groups is 4. The number of nitrogens with zero attached hydrogens (tertiary/aromatic N) is 1. The molecule has 0 aromatic carbocycles. The van der Waals surface area contributed by atoms with Crippen molar-refractivity contribution < 1.29 is 29.0 Å². The Bertz CT molecular complexity index is 756. The zero-order valence-corrected chi connectivity index (χ0v) is 20.4. The highest BCUT2D eigenvalue weighted by molar-refractivity contribution is 7.99. The fourth-order valence-corrected chi connectivity index (χ4v) is 4.37. The summed E-state index contributed by atoms with van der Waals surface area (Å²) in [7, 11) is 1.29. The molecule has 1 heterocycles. The van der Waals surface area contributed by atoms with Crippen LogP contribution in [0, 0.1) is 5.92 Å². The van der Waals surface area contributed by atoms with Gasteiger partial charge in [0, 0.05) is 36.2 Å². The lowest BCUT2D eigenvalue weighted by molar-refractivity contribution is -0.142. The zero-order valence-electron chi connectivity index (χ0n) is 19.5. The molecule has 1 fully saturated rings. The van der Waals surface area contributed by atoms with Crippen LogP contribution in [-0.4, -0.2) is 64.5 Å². The molecule has 184 valence electrons. The number of ketones is 1. The summed E-state index contributed by atoms with van der Waals surface area (Å²) < 4.78 is 4.74. The van der Waals surface area contributed by atoms with Crippen molar-refractivity contribution in [3.63, 3.8) is 0 Å². The Labute approximate surface area is 199 Å². The Morgan fingerprint density at radius 3 is 2.42 bits per heavy atom. The summed E-state index contributed by atoms with van der Waals surface area (Å²) >= 11 is 1.44. The van der Waals surface area contributed by atoms with E-state index in [1.165, 1.54) is 32.2 Å². The Hall–Kier alpha value is -2.62. The Balaban J connectivity index is 0.000000502. The van der Waals surface area contributed by atoms with Crippen LogP contribution in [0.4, 0.5) is 4.79 Å². The van der Waals surface area contributed by atoms with E-state index in [2.05, 4.69) is 15.6 Å². The largest absolute Gasteiger partial charge is 0.481 e. The minimum atomic E-state index is -0.836. The number of urea groups is 1. The SMILES string of the molecule is CC(=O)c1cccnc1.COC(=O)C(CSCC(C)CC(=O)O)NC(=O)NC1CCCCC1. The Kier molecular flexibility index (Phi) is 13.8. The number of hydrogen-bond donors (Lipinski definition) is 3. The van der Waals surface area contributed by atoms with Crippen LogP contribution in [0.25, 0.3) is 0 Å². The standard InChI is InChI=1S/C16H28N2O5S.C7H7NO/c1-11(8-14(19)20)9-24-10-13(15(21)23-2)18-16(22)17-12-6-4-3-5-7-12;1-6(9)7-3-2-4-8-5-7/h11-13H,3-10H2,1-2H3,(H,19,20)(H2,17,18,22);2-5H,1H3. The van der Waals surface area contributed by atoms with E-state index in [0.29, 0.717) is 17.1 Å². The number of carboxylic acid groups (broad SMARTS) is 1. The van der Waals surface area contributed by atoms with E-state index in [9.17, 15) is 19.2 Å². The van der Waals surface area contributed by atoms with Crippen molar-refractivity contribution in [2.24, 2.45) is 5.92 Å². The fourth-order valence-electron chi connectivity index (χ4n) is 3.26. The number of rotatable bonds is 10. The van der Waals surface area contributed by atoms with Gasteiger partial charge in [-0.25, -0.2) is 9.59 Å². The molecule has 0 saturated heterocycles. The van der Waals surface area contributed by atoms with Gasteiger partial charge in [0.2, 0.25) is 0 Å². The number of methoxy groups -OCH3 is 1. The summed E-state index contributed by atoms with van der Waals surface area (Å²) in [4.78, 5) is 48.9. The molecule has 2 atom stereocenters. The molecule has 9 nitrogen and oxygen atoms in total. The first kappa shape index (κ1) is 28.4. The van der Waals surface area contributed by atoms with Crippen molar-refractivity contribution in [2.75, 3.05) is 18.6 Å². The van der Waals surface area contributed by atoms with Gasteiger partial charge in [-0.15, -0.1) is 0 Å². The molecule has 2 rings (SSSR count). The number of ether oxygens (including phenoxy) is 1. The van der Waals surface area contributed by atoms with E-state index in [0.717, 1.165) is 25.7 Å². The number of carboxylic acids is 1. The van der Waals surface area contributed by atoms with E-state index >= 15 is 0 Å². The van der Waals surface area contributed by atoms with Gasteiger partial charge in [0.15, 0.2) is 5.78 Å². The maximum absolute atomic E-state index is 12.1. The number of amides is 2. The van der Waals surface area contributed by atoms with Crippen LogP contribution < -0.4 is 10.6 Å². The first-order valence-electron chi connectivity index (χ1n) is 11.1.